The zero-order valence-electron chi connectivity index (χ0n) is 12.8. The highest BCUT2D eigenvalue weighted by Crippen LogP contribution is 2.22. The summed E-state index contributed by atoms with van der Waals surface area (Å²) in [5.74, 6) is 0.337. The van der Waals surface area contributed by atoms with Crippen molar-refractivity contribution in [2.45, 2.75) is 26.7 Å². The monoisotopic (exact) mass is 279 g/mol. The van der Waals surface area contributed by atoms with E-state index >= 15 is 0 Å². The quantitative estimate of drug-likeness (QED) is 0.802. The lowest BCUT2D eigenvalue weighted by Gasteiger charge is -2.11. The molecule has 1 N–H and O–H groups in total. The van der Waals surface area contributed by atoms with Crippen LogP contribution in [-0.4, -0.2) is 5.91 Å². The molecule has 0 aliphatic carbocycles. The highest BCUT2D eigenvalue weighted by molar-refractivity contribution is 6.02. The lowest BCUT2D eigenvalue weighted by Crippen LogP contribution is -2.09. The number of amides is 1. The summed E-state index contributed by atoms with van der Waals surface area (Å²) in [5, 5.41) is 2.95. The summed E-state index contributed by atoms with van der Waals surface area (Å²) in [6.07, 6.45) is 3.38. The van der Waals surface area contributed by atoms with Crippen LogP contribution in [0.25, 0.3) is 6.08 Å². The highest BCUT2D eigenvalue weighted by Gasteiger charge is 2.05. The van der Waals surface area contributed by atoms with E-state index in [0.29, 0.717) is 5.92 Å². The molecular formula is C19H21NO. The van der Waals surface area contributed by atoms with Crippen molar-refractivity contribution in [3.8, 4) is 0 Å². The van der Waals surface area contributed by atoms with Crippen LogP contribution < -0.4 is 5.32 Å². The predicted molar refractivity (Wildman–Crippen MR) is 89.4 cm³/mol. The summed E-state index contributed by atoms with van der Waals surface area (Å²) in [4.78, 5) is 12.0. The van der Waals surface area contributed by atoms with Crippen LogP contribution in [0, 0.1) is 6.92 Å². The van der Waals surface area contributed by atoms with Crippen molar-refractivity contribution >= 4 is 17.7 Å². The number of hydrogen-bond acceptors (Lipinski definition) is 1. The van der Waals surface area contributed by atoms with E-state index in [4.69, 9.17) is 0 Å². The highest BCUT2D eigenvalue weighted by atomic mass is 16.1. The Morgan fingerprint density at radius 2 is 1.81 bits per heavy atom. The molecule has 0 atom stereocenters. The number of anilines is 1. The second kappa shape index (κ2) is 6.89. The zero-order chi connectivity index (χ0) is 15.2. The Kier molecular flexibility index (Phi) is 4.94. The molecule has 2 aromatic carbocycles. The fraction of sp³-hybridized carbons (Fsp3) is 0.211. The predicted octanol–water partition coefficient (Wildman–Crippen LogP) is 4.77. The molecule has 0 saturated heterocycles. The Bertz CT molecular complexity index is 642. The van der Waals surface area contributed by atoms with E-state index in [-0.39, 0.29) is 5.91 Å². The summed E-state index contributed by atoms with van der Waals surface area (Å²) >= 11 is 0. The van der Waals surface area contributed by atoms with Gasteiger partial charge in [0.15, 0.2) is 0 Å². The number of nitrogens with one attached hydrogen (secondary N) is 1. The molecule has 2 heteroatoms. The van der Waals surface area contributed by atoms with Crippen LogP contribution >= 0.6 is 0 Å². The number of hydrogen-bond donors (Lipinski definition) is 1. The number of carbonyl (C=O) groups is 1. The first-order chi connectivity index (χ1) is 10.1. The van der Waals surface area contributed by atoms with Crippen LogP contribution in [0.4, 0.5) is 5.69 Å². The van der Waals surface area contributed by atoms with Crippen LogP contribution in [0.5, 0.6) is 0 Å². The smallest absolute Gasteiger partial charge is 0.248 e. The second-order valence-corrected chi connectivity index (χ2v) is 5.46. The van der Waals surface area contributed by atoms with E-state index in [1.165, 1.54) is 5.56 Å². The van der Waals surface area contributed by atoms with Gasteiger partial charge < -0.3 is 5.32 Å². The molecule has 0 unspecified atom stereocenters. The van der Waals surface area contributed by atoms with Crippen molar-refractivity contribution in [3.63, 3.8) is 0 Å². The largest absolute Gasteiger partial charge is 0.322 e. The molecule has 0 heterocycles. The van der Waals surface area contributed by atoms with E-state index < -0.39 is 0 Å². The molecular weight excluding hydrogens is 258 g/mol. The van der Waals surface area contributed by atoms with Crippen LogP contribution in [0.15, 0.2) is 54.6 Å². The lowest BCUT2D eigenvalue weighted by atomic mass is 10.0. The maximum absolute atomic E-state index is 12.0. The van der Waals surface area contributed by atoms with E-state index in [1.807, 2.05) is 55.5 Å². The molecule has 0 bridgehead atoms. The molecule has 0 aromatic heterocycles. The molecule has 2 aromatic rings. The Morgan fingerprint density at radius 1 is 1.10 bits per heavy atom. The van der Waals surface area contributed by atoms with Crippen molar-refractivity contribution in [2.75, 3.05) is 5.32 Å². The van der Waals surface area contributed by atoms with Crippen LogP contribution in [0.1, 0.15) is 36.5 Å². The SMILES string of the molecule is Cc1ccc(C(C)C)cc1NC(=O)C=Cc1ccccc1. The Hall–Kier alpha value is -2.35. The van der Waals surface area contributed by atoms with Crippen LogP contribution in [0.2, 0.25) is 0 Å². The third-order valence-electron chi connectivity index (χ3n) is 3.41. The molecule has 1 amide bonds. The van der Waals surface area contributed by atoms with Gasteiger partial charge in [-0.05, 0) is 41.7 Å². The van der Waals surface area contributed by atoms with Gasteiger partial charge in [0.1, 0.15) is 0 Å². The lowest BCUT2D eigenvalue weighted by molar-refractivity contribution is -0.111. The van der Waals surface area contributed by atoms with E-state index in [2.05, 4.69) is 25.2 Å². The number of carbonyl (C=O) groups excluding carboxylic acids is 1. The molecule has 0 fully saturated rings. The maximum Gasteiger partial charge on any atom is 0.248 e. The average molecular weight is 279 g/mol. The van der Waals surface area contributed by atoms with Crippen molar-refractivity contribution < 1.29 is 4.79 Å². The summed E-state index contributed by atoms with van der Waals surface area (Å²) < 4.78 is 0. The first-order valence-electron chi connectivity index (χ1n) is 7.21. The van der Waals surface area contributed by atoms with Crippen LogP contribution in [0.3, 0.4) is 0 Å². The number of rotatable bonds is 4. The third kappa shape index (κ3) is 4.32. The Balaban J connectivity index is 2.09. The van der Waals surface area contributed by atoms with Gasteiger partial charge in [-0.1, -0.05) is 56.3 Å². The van der Waals surface area contributed by atoms with Crippen molar-refractivity contribution in [1.82, 2.24) is 0 Å². The molecule has 21 heavy (non-hydrogen) atoms. The topological polar surface area (TPSA) is 29.1 Å². The van der Waals surface area contributed by atoms with Gasteiger partial charge in [-0.25, -0.2) is 0 Å². The fourth-order valence-electron chi connectivity index (χ4n) is 2.04. The van der Waals surface area contributed by atoms with Crippen LogP contribution in [-0.2, 0) is 4.79 Å². The second-order valence-electron chi connectivity index (χ2n) is 5.46. The molecule has 0 spiro atoms. The maximum atomic E-state index is 12.0. The first-order valence-corrected chi connectivity index (χ1v) is 7.21. The zero-order valence-corrected chi connectivity index (χ0v) is 12.8. The summed E-state index contributed by atoms with van der Waals surface area (Å²) in [6, 6.07) is 16.0. The minimum atomic E-state index is -0.108. The number of aryl methyl sites for hydroxylation is 1. The first kappa shape index (κ1) is 15.0. The summed E-state index contributed by atoms with van der Waals surface area (Å²) in [6.45, 7) is 6.29. The fourth-order valence-corrected chi connectivity index (χ4v) is 2.04. The standard InChI is InChI=1S/C19H21NO/c1-14(2)17-11-9-15(3)18(13-17)20-19(21)12-10-16-7-5-4-6-8-16/h4-14H,1-3H3,(H,20,21). The van der Waals surface area contributed by atoms with E-state index in [9.17, 15) is 4.79 Å². The summed E-state index contributed by atoms with van der Waals surface area (Å²) in [7, 11) is 0. The molecule has 0 aliphatic rings. The summed E-state index contributed by atoms with van der Waals surface area (Å²) in [5.41, 5.74) is 4.19. The van der Waals surface area contributed by atoms with Gasteiger partial charge in [-0.2, -0.15) is 0 Å². The molecule has 0 radical (unpaired) electrons. The third-order valence-corrected chi connectivity index (χ3v) is 3.41. The van der Waals surface area contributed by atoms with Gasteiger partial charge in [0, 0.05) is 11.8 Å². The van der Waals surface area contributed by atoms with Gasteiger partial charge in [0.25, 0.3) is 0 Å². The molecule has 0 aliphatic heterocycles. The minimum absolute atomic E-state index is 0.108. The van der Waals surface area contributed by atoms with Gasteiger partial charge in [-0.15, -0.1) is 0 Å². The molecule has 2 rings (SSSR count). The normalized spacial score (nSPS) is 11.0. The van der Waals surface area contributed by atoms with Gasteiger partial charge >= 0.3 is 0 Å². The van der Waals surface area contributed by atoms with Gasteiger partial charge in [0.05, 0.1) is 0 Å². The molecule has 2 nitrogen and oxygen atoms in total. The number of benzene rings is 2. The van der Waals surface area contributed by atoms with Gasteiger partial charge in [-0.3, -0.25) is 4.79 Å². The van der Waals surface area contributed by atoms with Crippen molar-refractivity contribution in [1.29, 1.82) is 0 Å². The Morgan fingerprint density at radius 3 is 2.48 bits per heavy atom. The van der Waals surface area contributed by atoms with E-state index in [1.54, 1.807) is 6.08 Å². The molecule has 0 saturated carbocycles. The van der Waals surface area contributed by atoms with Gasteiger partial charge in [0.2, 0.25) is 5.91 Å². The van der Waals surface area contributed by atoms with Crippen molar-refractivity contribution in [3.05, 3.63) is 71.3 Å². The van der Waals surface area contributed by atoms with Crippen molar-refractivity contribution in [2.24, 2.45) is 0 Å². The molecule has 108 valence electrons. The average Bonchev–Trinajstić information content (AvgIpc) is 2.48. The minimum Gasteiger partial charge on any atom is -0.322 e. The Labute approximate surface area is 126 Å². The van der Waals surface area contributed by atoms with E-state index in [0.717, 1.165) is 16.8 Å².